The van der Waals surface area contributed by atoms with E-state index < -0.39 is 11.3 Å². The number of hydrogen-bond donors (Lipinski definition) is 1. The van der Waals surface area contributed by atoms with E-state index in [0.717, 1.165) is 4.47 Å². The summed E-state index contributed by atoms with van der Waals surface area (Å²) in [6.45, 7) is 5.72. The molecule has 0 fully saturated rings. The third-order valence-electron chi connectivity index (χ3n) is 4.04. The maximum atomic E-state index is 13.1. The molecule has 2 aromatic carbocycles. The number of nitrogens with zero attached hydrogens (tertiary/aromatic N) is 3. The van der Waals surface area contributed by atoms with Crippen LogP contribution in [0, 0.1) is 0 Å². The van der Waals surface area contributed by atoms with Crippen molar-refractivity contribution in [3.8, 4) is 5.75 Å². The van der Waals surface area contributed by atoms with Gasteiger partial charge in [-0.05, 0) is 35.9 Å². The molecular weight excluding hydrogens is 436 g/mol. The van der Waals surface area contributed by atoms with Gasteiger partial charge in [-0.1, -0.05) is 48.8 Å². The lowest BCUT2D eigenvalue weighted by Gasteiger charge is -2.20. The Morgan fingerprint density at radius 2 is 2.03 bits per heavy atom. The molecule has 0 spiro atoms. The summed E-state index contributed by atoms with van der Waals surface area (Å²) in [6.07, 6.45) is 1.55. The lowest BCUT2D eigenvalue weighted by Crippen LogP contribution is -2.29. The Labute approximate surface area is 176 Å². The SMILES string of the molecule is CC(C)(C)c1nc2ccc(Br)cc2c(=O)n1N=Cc1cccc(OCC(N)=O)c1. The van der Waals surface area contributed by atoms with Gasteiger partial charge in [0.05, 0.1) is 17.1 Å². The van der Waals surface area contributed by atoms with Crippen LogP contribution in [-0.2, 0) is 10.2 Å². The van der Waals surface area contributed by atoms with E-state index in [2.05, 4.69) is 26.0 Å². The Morgan fingerprint density at radius 1 is 1.28 bits per heavy atom. The predicted octanol–water partition coefficient (Wildman–Crippen LogP) is 3.20. The zero-order valence-corrected chi connectivity index (χ0v) is 17.9. The normalized spacial score (nSPS) is 11.9. The highest BCUT2D eigenvalue weighted by Crippen LogP contribution is 2.23. The van der Waals surface area contributed by atoms with Crippen molar-refractivity contribution in [3.63, 3.8) is 0 Å². The molecule has 0 aliphatic rings. The Balaban J connectivity index is 2.07. The van der Waals surface area contributed by atoms with Gasteiger partial charge in [0.25, 0.3) is 11.5 Å². The number of carbonyl (C=O) groups is 1. The fourth-order valence-corrected chi connectivity index (χ4v) is 3.07. The van der Waals surface area contributed by atoms with E-state index in [1.807, 2.05) is 39.0 Å². The second-order valence-electron chi connectivity index (χ2n) is 7.54. The van der Waals surface area contributed by atoms with Gasteiger partial charge in [-0.15, -0.1) is 0 Å². The Morgan fingerprint density at radius 3 is 2.72 bits per heavy atom. The van der Waals surface area contributed by atoms with Crippen LogP contribution in [0.4, 0.5) is 0 Å². The van der Waals surface area contributed by atoms with Crippen molar-refractivity contribution >= 4 is 39.0 Å². The van der Waals surface area contributed by atoms with E-state index in [4.69, 9.17) is 10.5 Å². The van der Waals surface area contributed by atoms with Crippen molar-refractivity contribution in [1.82, 2.24) is 9.66 Å². The van der Waals surface area contributed by atoms with Crippen molar-refractivity contribution < 1.29 is 9.53 Å². The van der Waals surface area contributed by atoms with E-state index >= 15 is 0 Å². The molecule has 3 aromatic rings. The van der Waals surface area contributed by atoms with Crippen LogP contribution in [0.25, 0.3) is 10.9 Å². The molecule has 1 heterocycles. The van der Waals surface area contributed by atoms with Crippen molar-refractivity contribution in [2.45, 2.75) is 26.2 Å². The first-order valence-corrected chi connectivity index (χ1v) is 9.73. The van der Waals surface area contributed by atoms with Crippen LogP contribution in [0.5, 0.6) is 5.75 Å². The van der Waals surface area contributed by atoms with Gasteiger partial charge >= 0.3 is 0 Å². The number of primary amides is 1. The molecular formula is C21H21BrN4O3. The highest BCUT2D eigenvalue weighted by molar-refractivity contribution is 9.10. The summed E-state index contributed by atoms with van der Waals surface area (Å²) in [5, 5.41) is 4.89. The summed E-state index contributed by atoms with van der Waals surface area (Å²) < 4.78 is 7.43. The van der Waals surface area contributed by atoms with Crippen LogP contribution in [0.1, 0.15) is 32.2 Å². The van der Waals surface area contributed by atoms with E-state index in [9.17, 15) is 9.59 Å². The van der Waals surface area contributed by atoms with E-state index in [1.54, 1.807) is 30.5 Å². The Kier molecular flexibility index (Phi) is 5.83. The van der Waals surface area contributed by atoms with Crippen LogP contribution in [0.15, 0.2) is 56.8 Å². The summed E-state index contributed by atoms with van der Waals surface area (Å²) in [5.41, 5.74) is 5.78. The molecule has 0 saturated heterocycles. The smallest absolute Gasteiger partial charge is 0.282 e. The number of nitrogens with two attached hydrogens (primary N) is 1. The van der Waals surface area contributed by atoms with Gasteiger partial charge in [0.2, 0.25) is 0 Å². The Bertz CT molecular complexity index is 1160. The molecule has 7 nitrogen and oxygen atoms in total. The summed E-state index contributed by atoms with van der Waals surface area (Å²) in [4.78, 5) is 28.7. The largest absolute Gasteiger partial charge is 0.484 e. The minimum absolute atomic E-state index is 0.211. The molecule has 29 heavy (non-hydrogen) atoms. The number of aromatic nitrogens is 2. The average molecular weight is 457 g/mol. The van der Waals surface area contributed by atoms with Gasteiger partial charge in [-0.25, -0.2) is 4.98 Å². The number of hydrogen-bond acceptors (Lipinski definition) is 5. The minimum Gasteiger partial charge on any atom is -0.484 e. The molecule has 1 aromatic heterocycles. The van der Waals surface area contributed by atoms with Crippen LogP contribution in [-0.4, -0.2) is 28.4 Å². The molecule has 1 amide bonds. The van der Waals surface area contributed by atoms with Gasteiger partial charge in [0, 0.05) is 9.89 Å². The summed E-state index contributed by atoms with van der Waals surface area (Å²) in [7, 11) is 0. The topological polar surface area (TPSA) is 99.6 Å². The fourth-order valence-electron chi connectivity index (χ4n) is 2.70. The summed E-state index contributed by atoms with van der Waals surface area (Å²) in [6, 6.07) is 12.4. The van der Waals surface area contributed by atoms with Gasteiger partial charge in [0.1, 0.15) is 11.6 Å². The van der Waals surface area contributed by atoms with Crippen molar-refractivity contribution in [3.05, 3.63) is 68.7 Å². The zero-order chi connectivity index (χ0) is 21.2. The first-order valence-electron chi connectivity index (χ1n) is 8.93. The van der Waals surface area contributed by atoms with Crippen LogP contribution in [0.2, 0.25) is 0 Å². The summed E-state index contributed by atoms with van der Waals surface area (Å²) >= 11 is 3.40. The van der Waals surface area contributed by atoms with Gasteiger partial charge in [0.15, 0.2) is 6.61 Å². The zero-order valence-electron chi connectivity index (χ0n) is 16.3. The second kappa shape index (κ2) is 8.16. The fraction of sp³-hybridized carbons (Fsp3) is 0.238. The van der Waals surface area contributed by atoms with Crippen LogP contribution < -0.4 is 16.0 Å². The number of fused-ring (bicyclic) bond motifs is 1. The van der Waals surface area contributed by atoms with Gasteiger partial charge in [-0.2, -0.15) is 9.78 Å². The Hall–Kier alpha value is -3.00. The predicted molar refractivity (Wildman–Crippen MR) is 117 cm³/mol. The number of ether oxygens (including phenoxy) is 1. The average Bonchev–Trinajstić information content (AvgIpc) is 2.65. The minimum atomic E-state index is -0.557. The van der Waals surface area contributed by atoms with Crippen molar-refractivity contribution in [2.75, 3.05) is 6.61 Å². The number of amides is 1. The van der Waals surface area contributed by atoms with Gasteiger partial charge < -0.3 is 10.5 Å². The van der Waals surface area contributed by atoms with Crippen LogP contribution in [0.3, 0.4) is 0 Å². The van der Waals surface area contributed by atoms with Crippen LogP contribution >= 0.6 is 15.9 Å². The second-order valence-corrected chi connectivity index (χ2v) is 8.45. The molecule has 0 bridgehead atoms. The molecule has 0 radical (unpaired) electrons. The molecule has 0 aliphatic carbocycles. The molecule has 2 N–H and O–H groups in total. The van der Waals surface area contributed by atoms with Crippen molar-refractivity contribution in [2.24, 2.45) is 10.8 Å². The monoisotopic (exact) mass is 456 g/mol. The molecule has 0 aliphatic heterocycles. The highest BCUT2D eigenvalue weighted by atomic mass is 79.9. The number of halogens is 1. The number of carbonyl (C=O) groups excluding carboxylic acids is 1. The quantitative estimate of drug-likeness (QED) is 0.595. The van der Waals surface area contributed by atoms with E-state index in [-0.39, 0.29) is 12.2 Å². The first kappa shape index (κ1) is 20.7. The molecule has 0 saturated carbocycles. The third-order valence-corrected chi connectivity index (χ3v) is 4.53. The third kappa shape index (κ3) is 4.89. The maximum absolute atomic E-state index is 13.1. The molecule has 0 unspecified atom stereocenters. The molecule has 8 heteroatoms. The first-order chi connectivity index (χ1) is 13.6. The lowest BCUT2D eigenvalue weighted by molar-refractivity contribution is -0.119. The molecule has 0 atom stereocenters. The van der Waals surface area contributed by atoms with E-state index in [0.29, 0.717) is 28.0 Å². The maximum Gasteiger partial charge on any atom is 0.282 e. The standard InChI is InChI=1S/C21H21BrN4O3/c1-21(2,3)20-25-17-8-7-14(22)10-16(17)19(28)26(20)24-11-13-5-4-6-15(9-13)29-12-18(23)27/h4-11H,12H2,1-3H3,(H2,23,27). The number of rotatable bonds is 5. The number of benzene rings is 2. The lowest BCUT2D eigenvalue weighted by atomic mass is 9.95. The van der Waals surface area contributed by atoms with E-state index in [1.165, 1.54) is 4.68 Å². The molecule has 3 rings (SSSR count). The highest BCUT2D eigenvalue weighted by Gasteiger charge is 2.22. The van der Waals surface area contributed by atoms with Crippen molar-refractivity contribution in [1.29, 1.82) is 0 Å². The molecule has 150 valence electrons. The summed E-state index contributed by atoms with van der Waals surface area (Å²) in [5.74, 6) is 0.477. The van der Waals surface area contributed by atoms with Gasteiger partial charge in [-0.3, -0.25) is 9.59 Å².